The van der Waals surface area contributed by atoms with Crippen molar-refractivity contribution in [2.75, 3.05) is 0 Å². The monoisotopic (exact) mass is 348 g/mol. The Morgan fingerprint density at radius 3 is 2.65 bits per heavy atom. The third-order valence-electron chi connectivity index (χ3n) is 4.68. The molecule has 1 N–H and O–H groups in total. The van der Waals surface area contributed by atoms with Crippen molar-refractivity contribution in [2.45, 2.75) is 32.3 Å². The van der Waals surface area contributed by atoms with Gasteiger partial charge in [0, 0.05) is 11.6 Å². The molecular weight excluding hydrogens is 328 g/mol. The molecule has 2 heterocycles. The van der Waals surface area contributed by atoms with Gasteiger partial charge in [0.15, 0.2) is 0 Å². The first-order valence-electron chi connectivity index (χ1n) is 8.67. The van der Waals surface area contributed by atoms with Gasteiger partial charge >= 0.3 is 5.97 Å². The maximum atomic E-state index is 11.8. The van der Waals surface area contributed by atoms with Gasteiger partial charge in [0.2, 0.25) is 0 Å². The first kappa shape index (κ1) is 16.5. The van der Waals surface area contributed by atoms with E-state index in [9.17, 15) is 9.90 Å². The summed E-state index contributed by atoms with van der Waals surface area (Å²) in [5.74, 6) is 1.23. The van der Waals surface area contributed by atoms with Gasteiger partial charge in [-0.3, -0.25) is 0 Å². The van der Waals surface area contributed by atoms with Crippen LogP contribution in [0.5, 0.6) is 11.5 Å². The van der Waals surface area contributed by atoms with Gasteiger partial charge in [-0.25, -0.2) is 4.79 Å². The molecule has 0 bridgehead atoms. The van der Waals surface area contributed by atoms with E-state index in [4.69, 9.17) is 9.47 Å². The Labute approximate surface area is 152 Å². The molecule has 4 nitrogen and oxygen atoms in total. The minimum atomic E-state index is -0.387. The third kappa shape index (κ3) is 3.23. The molecule has 2 aliphatic heterocycles. The molecule has 4 rings (SSSR count). The number of carbonyl (C=O) groups excluding carboxylic acids is 1. The minimum Gasteiger partial charge on any atom is -0.508 e. The fraction of sp³-hybridized carbons (Fsp3) is 0.227. The number of rotatable bonds is 2. The van der Waals surface area contributed by atoms with Crippen LogP contribution in [0, 0.1) is 0 Å². The van der Waals surface area contributed by atoms with Gasteiger partial charge in [-0.1, -0.05) is 18.2 Å². The number of hydrogen-bond acceptors (Lipinski definition) is 4. The lowest BCUT2D eigenvalue weighted by Crippen LogP contribution is -2.32. The van der Waals surface area contributed by atoms with Gasteiger partial charge in [-0.2, -0.15) is 0 Å². The number of carbonyl (C=O) groups is 1. The predicted octanol–water partition coefficient (Wildman–Crippen LogP) is 4.48. The summed E-state index contributed by atoms with van der Waals surface area (Å²) in [6.45, 7) is 4.19. The average molecular weight is 348 g/mol. The number of benzene rings is 2. The molecule has 0 unspecified atom stereocenters. The Kier molecular flexibility index (Phi) is 3.83. The van der Waals surface area contributed by atoms with Crippen LogP contribution in [-0.4, -0.2) is 16.7 Å². The van der Waals surface area contributed by atoms with E-state index in [1.807, 2.05) is 18.2 Å². The fourth-order valence-electron chi connectivity index (χ4n) is 3.28. The van der Waals surface area contributed by atoms with Crippen LogP contribution in [-0.2, 0) is 16.0 Å². The number of esters is 1. The van der Waals surface area contributed by atoms with Crippen LogP contribution in [0.1, 0.15) is 37.0 Å². The first-order chi connectivity index (χ1) is 12.4. The molecule has 0 spiro atoms. The second-order valence-electron chi connectivity index (χ2n) is 7.26. The zero-order valence-electron chi connectivity index (χ0n) is 14.8. The van der Waals surface area contributed by atoms with E-state index in [-0.39, 0.29) is 17.3 Å². The van der Waals surface area contributed by atoms with E-state index >= 15 is 0 Å². The molecule has 0 atom stereocenters. The van der Waals surface area contributed by atoms with Gasteiger partial charge < -0.3 is 14.6 Å². The highest BCUT2D eigenvalue weighted by Crippen LogP contribution is 2.36. The molecule has 0 saturated heterocycles. The van der Waals surface area contributed by atoms with Crippen molar-refractivity contribution < 1.29 is 19.4 Å². The average Bonchev–Trinajstić information content (AvgIpc) is 2.95. The van der Waals surface area contributed by atoms with Crippen LogP contribution in [0.25, 0.3) is 11.6 Å². The van der Waals surface area contributed by atoms with Crippen LogP contribution in [0.2, 0.25) is 0 Å². The summed E-state index contributed by atoms with van der Waals surface area (Å²) in [5.41, 5.74) is 3.52. The smallest absolute Gasteiger partial charge is 0.336 e. The molecule has 2 aromatic carbocycles. The van der Waals surface area contributed by atoms with E-state index in [1.165, 1.54) is 6.08 Å². The molecule has 0 aromatic heterocycles. The highest BCUT2D eigenvalue weighted by atomic mass is 16.5. The van der Waals surface area contributed by atoms with Crippen molar-refractivity contribution in [1.82, 2.24) is 0 Å². The number of cyclic esters (lactones) is 1. The van der Waals surface area contributed by atoms with Crippen LogP contribution in [0.3, 0.4) is 0 Å². The summed E-state index contributed by atoms with van der Waals surface area (Å²) in [6.07, 6.45) is 5.26. The predicted molar refractivity (Wildman–Crippen MR) is 99.6 cm³/mol. The Morgan fingerprint density at radius 2 is 1.88 bits per heavy atom. The summed E-state index contributed by atoms with van der Waals surface area (Å²) in [6, 6.07) is 12.7. The molecule has 0 fully saturated rings. The molecule has 0 amide bonds. The summed E-state index contributed by atoms with van der Waals surface area (Å²) in [4.78, 5) is 11.8. The number of aromatic hydroxyl groups is 1. The van der Waals surface area contributed by atoms with Gasteiger partial charge in [-0.15, -0.1) is 0 Å². The van der Waals surface area contributed by atoms with Crippen molar-refractivity contribution in [2.24, 2.45) is 0 Å². The molecule has 2 aliphatic rings. The molecule has 0 aliphatic carbocycles. The number of phenolic OH excluding ortho intramolecular Hbond substituents is 1. The second-order valence-corrected chi connectivity index (χ2v) is 7.26. The Balaban J connectivity index is 1.66. The van der Waals surface area contributed by atoms with Crippen LogP contribution >= 0.6 is 0 Å². The lowest BCUT2D eigenvalue weighted by atomic mass is 9.93. The zero-order valence-corrected chi connectivity index (χ0v) is 14.8. The number of fused-ring (bicyclic) bond motifs is 1. The van der Waals surface area contributed by atoms with Crippen LogP contribution in [0.15, 0.2) is 54.3 Å². The molecule has 2 aromatic rings. The summed E-state index contributed by atoms with van der Waals surface area (Å²) >= 11 is 0. The molecule has 0 saturated carbocycles. The lowest BCUT2D eigenvalue weighted by molar-refractivity contribution is -0.132. The van der Waals surface area contributed by atoms with Crippen LogP contribution < -0.4 is 4.74 Å². The van der Waals surface area contributed by atoms with Crippen molar-refractivity contribution in [3.8, 4) is 11.5 Å². The molecule has 0 radical (unpaired) electrons. The maximum absolute atomic E-state index is 11.8. The first-order valence-corrected chi connectivity index (χ1v) is 8.67. The van der Waals surface area contributed by atoms with Gasteiger partial charge in [0.25, 0.3) is 0 Å². The van der Waals surface area contributed by atoms with E-state index < -0.39 is 0 Å². The number of phenols is 1. The Hall–Kier alpha value is -3.01. The summed E-state index contributed by atoms with van der Waals surface area (Å²) < 4.78 is 11.4. The summed E-state index contributed by atoms with van der Waals surface area (Å²) in [7, 11) is 0. The van der Waals surface area contributed by atoms with E-state index in [0.29, 0.717) is 11.3 Å². The number of ether oxygens (including phenoxy) is 2. The van der Waals surface area contributed by atoms with Gasteiger partial charge in [0.1, 0.15) is 22.9 Å². The van der Waals surface area contributed by atoms with E-state index in [2.05, 4.69) is 19.9 Å². The Bertz CT molecular complexity index is 933. The van der Waals surface area contributed by atoms with Crippen molar-refractivity contribution in [3.63, 3.8) is 0 Å². The Morgan fingerprint density at radius 1 is 1.12 bits per heavy atom. The topological polar surface area (TPSA) is 55.8 Å². The SMILES string of the molecule is CC1(C)CCc2cc(/C=C3\OC(=O)C=C3c3ccc(O)cc3)ccc2O1. The van der Waals surface area contributed by atoms with Crippen molar-refractivity contribution >= 4 is 17.6 Å². The highest BCUT2D eigenvalue weighted by molar-refractivity contribution is 6.03. The minimum absolute atomic E-state index is 0.136. The maximum Gasteiger partial charge on any atom is 0.336 e. The van der Waals surface area contributed by atoms with E-state index in [1.54, 1.807) is 24.3 Å². The second kappa shape index (κ2) is 6.06. The molecule has 26 heavy (non-hydrogen) atoms. The van der Waals surface area contributed by atoms with Gasteiger partial charge in [0.05, 0.1) is 0 Å². The fourth-order valence-corrected chi connectivity index (χ4v) is 3.28. The largest absolute Gasteiger partial charge is 0.508 e. The van der Waals surface area contributed by atoms with Crippen LogP contribution in [0.4, 0.5) is 0 Å². The van der Waals surface area contributed by atoms with E-state index in [0.717, 1.165) is 35.3 Å². The zero-order chi connectivity index (χ0) is 18.3. The lowest BCUT2D eigenvalue weighted by Gasteiger charge is -2.32. The molecule has 132 valence electrons. The van der Waals surface area contributed by atoms with Crippen molar-refractivity contribution in [1.29, 1.82) is 0 Å². The van der Waals surface area contributed by atoms with Crippen molar-refractivity contribution in [3.05, 3.63) is 71.0 Å². The third-order valence-corrected chi connectivity index (χ3v) is 4.68. The summed E-state index contributed by atoms with van der Waals surface area (Å²) in [5, 5.41) is 9.46. The normalized spacial score (nSPS) is 19.5. The highest BCUT2D eigenvalue weighted by Gasteiger charge is 2.27. The number of aryl methyl sites for hydroxylation is 1. The quantitative estimate of drug-likeness (QED) is 0.813. The van der Waals surface area contributed by atoms with Gasteiger partial charge in [-0.05, 0) is 73.7 Å². The standard InChI is InChI=1S/C22H20O4/c1-22(2)10-9-16-11-14(3-8-19(16)26-22)12-20-18(13-21(24)25-20)15-4-6-17(23)7-5-15/h3-8,11-13,23H,9-10H2,1-2H3/b20-12-. The molecule has 4 heteroatoms. The number of hydrogen-bond donors (Lipinski definition) is 1. The molecular formula is C22H20O4. The number of allylic oxidation sites excluding steroid dienone is 1.